The van der Waals surface area contributed by atoms with Crippen molar-refractivity contribution in [2.75, 3.05) is 7.11 Å². The number of ether oxygens (including phenoxy) is 2. The van der Waals surface area contributed by atoms with Crippen molar-refractivity contribution in [3.63, 3.8) is 0 Å². The molecule has 0 fully saturated rings. The summed E-state index contributed by atoms with van der Waals surface area (Å²) in [7, 11) is 1.20. The van der Waals surface area contributed by atoms with Gasteiger partial charge >= 0.3 is 5.97 Å². The summed E-state index contributed by atoms with van der Waals surface area (Å²) >= 11 is 9.32. The predicted octanol–water partition coefficient (Wildman–Crippen LogP) is 4.61. The van der Waals surface area contributed by atoms with E-state index >= 15 is 0 Å². The van der Waals surface area contributed by atoms with E-state index in [0.29, 0.717) is 16.3 Å². The Hall–Kier alpha value is -1.59. The number of carbonyl (C=O) groups excluding carboxylic acids is 1. The van der Waals surface area contributed by atoms with Crippen molar-refractivity contribution >= 4 is 33.5 Å². The van der Waals surface area contributed by atoms with Crippen LogP contribution in [0.4, 0.5) is 4.39 Å². The van der Waals surface area contributed by atoms with E-state index in [-0.39, 0.29) is 12.2 Å². The molecule has 0 saturated carbocycles. The number of hydrogen-bond acceptors (Lipinski definition) is 3. The Morgan fingerprint density at radius 1 is 1.29 bits per heavy atom. The van der Waals surface area contributed by atoms with Crippen LogP contribution in [0.5, 0.6) is 5.75 Å². The maximum atomic E-state index is 13.8. The topological polar surface area (TPSA) is 35.5 Å². The summed E-state index contributed by atoms with van der Waals surface area (Å²) in [6.07, 6.45) is 0. The molecule has 0 atom stereocenters. The van der Waals surface area contributed by atoms with E-state index in [1.54, 1.807) is 24.3 Å². The van der Waals surface area contributed by atoms with E-state index in [4.69, 9.17) is 16.3 Å². The second kappa shape index (κ2) is 6.91. The van der Waals surface area contributed by atoms with Gasteiger partial charge in [0.25, 0.3) is 0 Å². The lowest BCUT2D eigenvalue weighted by Gasteiger charge is -2.09. The molecule has 0 heterocycles. The van der Waals surface area contributed by atoms with Crippen LogP contribution in [0.2, 0.25) is 5.02 Å². The lowest BCUT2D eigenvalue weighted by atomic mass is 10.1. The summed E-state index contributed by atoms with van der Waals surface area (Å²) < 4.78 is 24.6. The molecule has 0 saturated heterocycles. The number of halogens is 3. The molecule has 2 aromatic rings. The first kappa shape index (κ1) is 15.8. The van der Waals surface area contributed by atoms with Gasteiger partial charge in [0.1, 0.15) is 18.2 Å². The summed E-state index contributed by atoms with van der Waals surface area (Å²) in [5, 5.41) is 0.455. The van der Waals surface area contributed by atoms with Gasteiger partial charge in [0.05, 0.1) is 17.7 Å². The molecule has 21 heavy (non-hydrogen) atoms. The monoisotopic (exact) mass is 372 g/mol. The van der Waals surface area contributed by atoms with Crippen LogP contribution in [-0.4, -0.2) is 13.1 Å². The Labute approximate surface area is 134 Å². The maximum absolute atomic E-state index is 13.8. The minimum atomic E-state index is -0.712. The highest BCUT2D eigenvalue weighted by atomic mass is 79.9. The number of carbonyl (C=O) groups is 1. The van der Waals surface area contributed by atoms with Crippen molar-refractivity contribution in [2.45, 2.75) is 6.61 Å². The van der Waals surface area contributed by atoms with Crippen molar-refractivity contribution in [2.24, 2.45) is 0 Å². The Balaban J connectivity index is 2.10. The fraction of sp³-hybridized carbons (Fsp3) is 0.133. The summed E-state index contributed by atoms with van der Waals surface area (Å²) in [5.74, 6) is -0.863. The molecular formula is C15H11BrClFO3. The normalized spacial score (nSPS) is 10.3. The molecule has 0 bridgehead atoms. The van der Waals surface area contributed by atoms with E-state index < -0.39 is 11.8 Å². The summed E-state index contributed by atoms with van der Waals surface area (Å²) in [6.45, 7) is 0.139. The van der Waals surface area contributed by atoms with Crippen molar-refractivity contribution < 1.29 is 18.7 Å². The summed E-state index contributed by atoms with van der Waals surface area (Å²) in [4.78, 5) is 11.3. The molecule has 2 aromatic carbocycles. The first-order valence-electron chi connectivity index (χ1n) is 5.96. The van der Waals surface area contributed by atoms with Gasteiger partial charge in [0.2, 0.25) is 0 Å². The van der Waals surface area contributed by atoms with Crippen LogP contribution >= 0.6 is 27.5 Å². The van der Waals surface area contributed by atoms with Gasteiger partial charge in [-0.3, -0.25) is 0 Å². The fourth-order valence-electron chi connectivity index (χ4n) is 1.68. The van der Waals surface area contributed by atoms with E-state index in [1.165, 1.54) is 19.2 Å². The van der Waals surface area contributed by atoms with Crippen LogP contribution in [0.1, 0.15) is 15.9 Å². The van der Waals surface area contributed by atoms with Gasteiger partial charge in [0, 0.05) is 4.47 Å². The van der Waals surface area contributed by atoms with E-state index in [9.17, 15) is 9.18 Å². The van der Waals surface area contributed by atoms with Gasteiger partial charge in [-0.25, -0.2) is 9.18 Å². The average Bonchev–Trinajstić information content (AvgIpc) is 2.45. The lowest BCUT2D eigenvalue weighted by molar-refractivity contribution is 0.0595. The van der Waals surface area contributed by atoms with Crippen LogP contribution in [0.3, 0.4) is 0 Å². The molecule has 0 aromatic heterocycles. The SMILES string of the molecule is COC(=O)c1ccc(COc2ccc(Br)cc2Cl)cc1F. The molecule has 6 heteroatoms. The zero-order valence-electron chi connectivity index (χ0n) is 11.0. The van der Waals surface area contributed by atoms with Gasteiger partial charge in [0.15, 0.2) is 0 Å². The Bertz CT molecular complexity index is 676. The number of benzene rings is 2. The molecule has 0 unspecified atom stereocenters. The molecule has 2 rings (SSSR count). The van der Waals surface area contributed by atoms with E-state index in [2.05, 4.69) is 20.7 Å². The number of rotatable bonds is 4. The fourth-order valence-corrected chi connectivity index (χ4v) is 2.41. The third-order valence-corrected chi connectivity index (χ3v) is 3.52. The first-order valence-corrected chi connectivity index (χ1v) is 7.13. The number of hydrogen-bond donors (Lipinski definition) is 0. The van der Waals surface area contributed by atoms with Crippen LogP contribution in [0.25, 0.3) is 0 Å². The molecule has 110 valence electrons. The van der Waals surface area contributed by atoms with Crippen LogP contribution in [0.15, 0.2) is 40.9 Å². The second-order valence-electron chi connectivity index (χ2n) is 4.17. The minimum Gasteiger partial charge on any atom is -0.487 e. The summed E-state index contributed by atoms with van der Waals surface area (Å²) in [5.41, 5.74) is 0.474. The second-order valence-corrected chi connectivity index (χ2v) is 5.49. The Morgan fingerprint density at radius 2 is 2.05 bits per heavy atom. The smallest absolute Gasteiger partial charge is 0.340 e. The maximum Gasteiger partial charge on any atom is 0.340 e. The van der Waals surface area contributed by atoms with Gasteiger partial charge in [-0.1, -0.05) is 33.6 Å². The largest absolute Gasteiger partial charge is 0.487 e. The van der Waals surface area contributed by atoms with E-state index in [1.807, 2.05) is 0 Å². The molecular weight excluding hydrogens is 363 g/mol. The van der Waals surface area contributed by atoms with Crippen molar-refractivity contribution in [1.29, 1.82) is 0 Å². The van der Waals surface area contributed by atoms with Crippen LogP contribution in [0, 0.1) is 5.82 Å². The molecule has 0 aliphatic heterocycles. The highest BCUT2D eigenvalue weighted by molar-refractivity contribution is 9.10. The van der Waals surface area contributed by atoms with Crippen LogP contribution < -0.4 is 4.74 Å². The van der Waals surface area contributed by atoms with Gasteiger partial charge in [-0.05, 0) is 35.9 Å². The van der Waals surface area contributed by atoms with Crippen molar-refractivity contribution in [3.8, 4) is 5.75 Å². The minimum absolute atomic E-state index is 0.108. The quantitative estimate of drug-likeness (QED) is 0.734. The van der Waals surface area contributed by atoms with Gasteiger partial charge < -0.3 is 9.47 Å². The molecule has 0 N–H and O–H groups in total. The van der Waals surface area contributed by atoms with Gasteiger partial charge in [-0.2, -0.15) is 0 Å². The first-order chi connectivity index (χ1) is 10.0. The predicted molar refractivity (Wildman–Crippen MR) is 81.2 cm³/mol. The standard InChI is InChI=1S/C15H11BrClFO3/c1-20-15(19)11-4-2-9(6-13(11)18)8-21-14-5-3-10(16)7-12(14)17/h2-7H,8H2,1H3. The average molecular weight is 374 g/mol. The molecule has 0 aliphatic rings. The van der Waals surface area contributed by atoms with Crippen molar-refractivity contribution in [3.05, 3.63) is 62.8 Å². The van der Waals surface area contributed by atoms with Gasteiger partial charge in [-0.15, -0.1) is 0 Å². The third kappa shape index (κ3) is 3.95. The molecule has 0 radical (unpaired) electrons. The zero-order valence-corrected chi connectivity index (χ0v) is 13.4. The molecule has 3 nitrogen and oxygen atoms in total. The summed E-state index contributed by atoms with van der Waals surface area (Å²) in [6, 6.07) is 9.41. The van der Waals surface area contributed by atoms with E-state index in [0.717, 1.165) is 4.47 Å². The molecule has 0 aliphatic carbocycles. The Kier molecular flexibility index (Phi) is 5.20. The van der Waals surface area contributed by atoms with Crippen LogP contribution in [-0.2, 0) is 11.3 Å². The number of esters is 1. The third-order valence-electron chi connectivity index (χ3n) is 2.73. The Morgan fingerprint density at radius 3 is 2.67 bits per heavy atom. The highest BCUT2D eigenvalue weighted by Crippen LogP contribution is 2.28. The highest BCUT2D eigenvalue weighted by Gasteiger charge is 2.12. The zero-order chi connectivity index (χ0) is 15.4. The molecule has 0 amide bonds. The molecule has 0 spiro atoms. The van der Waals surface area contributed by atoms with Crippen molar-refractivity contribution in [1.82, 2.24) is 0 Å². The lowest BCUT2D eigenvalue weighted by Crippen LogP contribution is -2.05. The number of methoxy groups -OCH3 is 1.